The van der Waals surface area contributed by atoms with E-state index in [-0.39, 0.29) is 40.7 Å². The van der Waals surface area contributed by atoms with E-state index < -0.39 is 23.6 Å². The minimum atomic E-state index is -4.56. The molecule has 5 saturated carbocycles. The zero-order valence-corrected chi connectivity index (χ0v) is 25.1. The quantitative estimate of drug-likeness (QED) is 0.296. The van der Waals surface area contributed by atoms with E-state index in [0.29, 0.717) is 37.3 Å². The number of aromatic nitrogens is 3. The van der Waals surface area contributed by atoms with E-state index in [0.717, 1.165) is 81.1 Å². The van der Waals surface area contributed by atoms with Crippen molar-refractivity contribution in [3.8, 4) is 0 Å². The molecular weight excluding hydrogens is 577 g/mol. The molecule has 2 bridgehead atoms. The van der Waals surface area contributed by atoms with E-state index in [1.54, 1.807) is 6.92 Å². The number of nitrogens with zero attached hydrogens (tertiary/aromatic N) is 4. The number of hydrogen-bond acceptors (Lipinski definition) is 3. The van der Waals surface area contributed by atoms with Gasteiger partial charge in [-0.25, -0.2) is 18.6 Å². The van der Waals surface area contributed by atoms with E-state index in [1.807, 2.05) is 9.80 Å². The summed E-state index contributed by atoms with van der Waals surface area (Å²) in [6.07, 6.45) is 3.65. The summed E-state index contributed by atoms with van der Waals surface area (Å²) in [6.45, 7) is 4.48. The van der Waals surface area contributed by atoms with Crippen molar-refractivity contribution in [1.82, 2.24) is 25.0 Å². The van der Waals surface area contributed by atoms with Crippen LogP contribution in [-0.4, -0.2) is 57.2 Å². The second kappa shape index (κ2) is 9.64. The molecule has 2 atom stereocenters. The van der Waals surface area contributed by atoms with Crippen LogP contribution >= 0.6 is 0 Å². The third-order valence-corrected chi connectivity index (χ3v) is 12.3. The van der Waals surface area contributed by atoms with E-state index in [4.69, 9.17) is 4.98 Å². The average molecular weight is 618 g/mol. The fraction of sp³-hybridized carbons (Fsp3) is 0.727. The maximum absolute atomic E-state index is 15.8. The van der Waals surface area contributed by atoms with Crippen LogP contribution in [0.2, 0.25) is 0 Å². The van der Waals surface area contributed by atoms with E-state index in [2.05, 4.69) is 10.2 Å². The van der Waals surface area contributed by atoms with Crippen LogP contribution in [0.15, 0.2) is 24.3 Å². The Labute approximate surface area is 254 Å². The molecule has 44 heavy (non-hydrogen) atoms. The predicted octanol–water partition coefficient (Wildman–Crippen LogP) is 7.56. The monoisotopic (exact) mass is 617 g/mol. The number of rotatable bonds is 9. The van der Waals surface area contributed by atoms with E-state index in [1.165, 1.54) is 12.8 Å². The number of aromatic amines is 1. The first-order valence-corrected chi connectivity index (χ1v) is 16.4. The lowest BCUT2D eigenvalue weighted by Gasteiger charge is -2.69. The summed E-state index contributed by atoms with van der Waals surface area (Å²) in [5, 5.41) is 7.52. The third kappa shape index (κ3) is 4.57. The first-order chi connectivity index (χ1) is 20.9. The maximum atomic E-state index is 15.8. The summed E-state index contributed by atoms with van der Waals surface area (Å²) in [5.41, 5.74) is -0.992. The molecule has 6 nitrogen and oxygen atoms in total. The van der Waals surface area contributed by atoms with Gasteiger partial charge in [0.15, 0.2) is 5.82 Å². The number of amides is 2. The van der Waals surface area contributed by atoms with Gasteiger partial charge in [0.1, 0.15) is 5.82 Å². The summed E-state index contributed by atoms with van der Waals surface area (Å²) in [5.74, 6) is -0.345. The Hall–Kier alpha value is -2.72. The Kier molecular flexibility index (Phi) is 6.30. The van der Waals surface area contributed by atoms with Crippen molar-refractivity contribution in [2.75, 3.05) is 26.2 Å². The van der Waals surface area contributed by atoms with Crippen molar-refractivity contribution in [2.24, 2.45) is 34.5 Å². The molecule has 1 aromatic carbocycles. The SMILES string of the molecule is CCC(CC(C1CN(C(=O)N2CC3(CC(c4nc(C5CC5)n[nH]4)C3)C2)C1)C12CC(C1)C2)C(F)(F)c1ccc(C(F)(F)F)cc1. The van der Waals surface area contributed by atoms with Gasteiger partial charge in [-0.2, -0.15) is 18.3 Å². The summed E-state index contributed by atoms with van der Waals surface area (Å²) >= 11 is 0. The van der Waals surface area contributed by atoms with Gasteiger partial charge in [0.05, 0.1) is 5.56 Å². The van der Waals surface area contributed by atoms with Crippen LogP contribution in [0, 0.1) is 34.5 Å². The zero-order chi connectivity index (χ0) is 30.6. The first kappa shape index (κ1) is 28.7. The van der Waals surface area contributed by atoms with Gasteiger partial charge in [-0.05, 0) is 93.1 Å². The highest BCUT2D eigenvalue weighted by Gasteiger charge is 2.64. The molecule has 3 heterocycles. The smallest absolute Gasteiger partial charge is 0.324 e. The van der Waals surface area contributed by atoms with Crippen LogP contribution in [0.3, 0.4) is 0 Å². The number of hydrogen-bond donors (Lipinski definition) is 1. The number of H-pyrrole nitrogens is 1. The van der Waals surface area contributed by atoms with Crippen LogP contribution in [-0.2, 0) is 12.1 Å². The van der Waals surface area contributed by atoms with Gasteiger partial charge in [-0.15, -0.1) is 0 Å². The summed E-state index contributed by atoms with van der Waals surface area (Å²) in [6, 6.07) is 3.45. The Morgan fingerprint density at radius 1 is 0.955 bits per heavy atom. The molecule has 1 aromatic heterocycles. The molecule has 0 radical (unpaired) electrons. The Morgan fingerprint density at radius 2 is 1.59 bits per heavy atom. The van der Waals surface area contributed by atoms with Crippen LogP contribution in [0.4, 0.5) is 26.7 Å². The highest BCUT2D eigenvalue weighted by atomic mass is 19.4. The van der Waals surface area contributed by atoms with Crippen molar-refractivity contribution >= 4 is 6.03 Å². The first-order valence-electron chi connectivity index (χ1n) is 16.4. The molecule has 2 aliphatic heterocycles. The molecule has 7 fully saturated rings. The van der Waals surface area contributed by atoms with Gasteiger partial charge in [0, 0.05) is 54.9 Å². The van der Waals surface area contributed by atoms with Gasteiger partial charge in [-0.1, -0.05) is 19.1 Å². The Bertz CT molecular complexity index is 1400. The number of carbonyl (C=O) groups excluding carboxylic acids is 1. The topological polar surface area (TPSA) is 65.1 Å². The highest BCUT2D eigenvalue weighted by Crippen LogP contribution is 2.71. The summed E-state index contributed by atoms with van der Waals surface area (Å²) < 4.78 is 70.7. The molecule has 238 valence electrons. The summed E-state index contributed by atoms with van der Waals surface area (Å²) in [7, 11) is 0. The van der Waals surface area contributed by atoms with Crippen molar-refractivity contribution in [3.05, 3.63) is 47.0 Å². The van der Waals surface area contributed by atoms with Gasteiger partial charge < -0.3 is 9.80 Å². The van der Waals surface area contributed by atoms with Crippen molar-refractivity contribution < 1.29 is 26.7 Å². The van der Waals surface area contributed by atoms with Crippen LogP contribution in [0.25, 0.3) is 0 Å². The zero-order valence-electron chi connectivity index (χ0n) is 25.1. The van der Waals surface area contributed by atoms with Crippen LogP contribution in [0.5, 0.6) is 0 Å². The lowest BCUT2D eigenvalue weighted by molar-refractivity contribution is -0.195. The van der Waals surface area contributed by atoms with Crippen LogP contribution < -0.4 is 0 Å². The molecule has 11 heteroatoms. The van der Waals surface area contributed by atoms with Crippen molar-refractivity contribution in [1.29, 1.82) is 0 Å². The molecule has 2 unspecified atom stereocenters. The largest absolute Gasteiger partial charge is 0.416 e. The molecule has 1 spiro atoms. The van der Waals surface area contributed by atoms with Gasteiger partial charge >= 0.3 is 12.2 Å². The molecule has 5 aliphatic carbocycles. The molecule has 2 aromatic rings. The van der Waals surface area contributed by atoms with Crippen LogP contribution in [0.1, 0.15) is 99.3 Å². The van der Waals surface area contributed by atoms with Crippen molar-refractivity contribution in [3.63, 3.8) is 0 Å². The Balaban J connectivity index is 0.872. The number of benzene rings is 1. The standard InChI is InChI=1S/C33H40F5N5O/c1-2-23(32(34,35)24-5-7-25(8-6-24)33(36,37)38)9-26(31-10-19(11-31)12-31)22-15-42(16-22)29(44)43-17-30(18-43)13-21(14-30)28-39-27(40-41-28)20-3-4-20/h5-8,19-23,26H,2-4,9-18H2,1H3,(H,39,40,41). The number of urea groups is 1. The molecular formula is C33H40F5N5O. The summed E-state index contributed by atoms with van der Waals surface area (Å²) in [4.78, 5) is 21.9. The lowest BCUT2D eigenvalue weighted by atomic mass is 9.37. The Morgan fingerprint density at radius 3 is 2.14 bits per heavy atom. The lowest BCUT2D eigenvalue weighted by Crippen LogP contribution is -2.69. The third-order valence-electron chi connectivity index (χ3n) is 12.3. The van der Waals surface area contributed by atoms with Gasteiger partial charge in [0.25, 0.3) is 5.92 Å². The highest BCUT2D eigenvalue weighted by molar-refractivity contribution is 5.76. The molecule has 9 rings (SSSR count). The number of carbonyl (C=O) groups is 1. The second-order valence-electron chi connectivity index (χ2n) is 15.2. The van der Waals surface area contributed by atoms with Gasteiger partial charge in [-0.3, -0.25) is 5.10 Å². The molecule has 1 N–H and O–H groups in total. The predicted molar refractivity (Wildman–Crippen MR) is 152 cm³/mol. The minimum Gasteiger partial charge on any atom is -0.324 e. The normalized spacial score (nSPS) is 29.3. The maximum Gasteiger partial charge on any atom is 0.416 e. The van der Waals surface area contributed by atoms with Gasteiger partial charge in [0.2, 0.25) is 0 Å². The second-order valence-corrected chi connectivity index (χ2v) is 15.2. The average Bonchev–Trinajstić information content (AvgIpc) is 3.59. The molecule has 2 amide bonds. The molecule has 2 saturated heterocycles. The fourth-order valence-corrected chi connectivity index (χ4v) is 9.39. The molecule has 7 aliphatic rings. The minimum absolute atomic E-state index is 0.0597. The fourth-order valence-electron chi connectivity index (χ4n) is 9.39. The number of alkyl halides is 5. The number of likely N-dealkylation sites (tertiary alicyclic amines) is 2. The number of halogens is 5. The number of nitrogens with one attached hydrogen (secondary N) is 1. The van der Waals surface area contributed by atoms with Crippen molar-refractivity contribution in [2.45, 2.75) is 88.6 Å². The van der Waals surface area contributed by atoms with E-state index in [9.17, 15) is 18.0 Å². The van der Waals surface area contributed by atoms with E-state index >= 15 is 8.78 Å².